The minimum atomic E-state index is -1.33. The summed E-state index contributed by atoms with van der Waals surface area (Å²) in [5.74, 6) is 0. The molecule has 0 aromatic rings. The van der Waals surface area contributed by atoms with Crippen molar-refractivity contribution in [3.05, 3.63) is 11.6 Å². The van der Waals surface area contributed by atoms with Crippen LogP contribution >= 0.6 is 34.9 Å². The average molecular weight is 440 g/mol. The third kappa shape index (κ3) is 3.28. The Morgan fingerprint density at radius 1 is 0.905 bits per heavy atom. The zero-order valence-corrected chi connectivity index (χ0v) is 18.6. The molecule has 0 unspecified atom stereocenters. The van der Waals surface area contributed by atoms with Gasteiger partial charge >= 0.3 is 148 Å². The van der Waals surface area contributed by atoms with E-state index >= 15 is 0 Å². The Bertz CT molecular complexity index is 344. The fourth-order valence-electron chi connectivity index (χ4n) is 5.03. The molecule has 2 fully saturated rings. The topological polar surface area (TPSA) is 0 Å². The number of halogens is 1. The van der Waals surface area contributed by atoms with Crippen molar-refractivity contribution in [3.63, 3.8) is 0 Å². The molecular weight excluding hydrogens is 405 g/mol. The summed E-state index contributed by atoms with van der Waals surface area (Å²) in [5, 5.41) is 1.85. The molecule has 0 spiro atoms. The van der Waals surface area contributed by atoms with Crippen LogP contribution < -0.4 is 0 Å². The molecule has 4 atom stereocenters. The molecule has 0 N–H and O–H groups in total. The van der Waals surface area contributed by atoms with Gasteiger partial charge in [0.1, 0.15) is 0 Å². The summed E-state index contributed by atoms with van der Waals surface area (Å²) < 4.78 is 0. The molecule has 2 heterocycles. The van der Waals surface area contributed by atoms with E-state index in [1.165, 1.54) is 51.4 Å². The Balaban J connectivity index is 2.30. The van der Waals surface area contributed by atoms with Crippen LogP contribution in [0.1, 0.15) is 79.1 Å². The van der Waals surface area contributed by atoms with Crippen LogP contribution in [-0.4, -0.2) is 22.6 Å². The van der Waals surface area contributed by atoms with Gasteiger partial charge in [-0.25, -0.2) is 0 Å². The van der Waals surface area contributed by atoms with Gasteiger partial charge in [-0.05, 0) is 0 Å². The van der Waals surface area contributed by atoms with Gasteiger partial charge in [0, 0.05) is 0 Å². The number of rotatable bonds is 6. The van der Waals surface area contributed by atoms with Crippen molar-refractivity contribution in [2.75, 3.05) is 0 Å². The second kappa shape index (κ2) is 7.94. The van der Waals surface area contributed by atoms with Crippen LogP contribution in [0.4, 0.5) is 0 Å². The third-order valence-electron chi connectivity index (χ3n) is 6.35. The van der Waals surface area contributed by atoms with Crippen LogP contribution in [0.15, 0.2) is 11.6 Å². The molecule has 2 rings (SSSR count). The number of hydrogen-bond acceptors (Lipinski definition) is 0. The predicted octanol–water partition coefficient (Wildman–Crippen LogP) is 7.74. The Labute approximate surface area is 147 Å². The van der Waals surface area contributed by atoms with Crippen molar-refractivity contribution >= 4 is 34.9 Å². The fraction of sp³-hybridized carbons (Fsp3) is 0.889. The second-order valence-corrected chi connectivity index (χ2v) is 19.5. The second-order valence-electron chi connectivity index (χ2n) is 7.11. The van der Waals surface area contributed by atoms with E-state index in [4.69, 9.17) is 6.58 Å². The Morgan fingerprint density at radius 3 is 1.67 bits per heavy atom. The standard InChI is InChI=1S/C18H35IP2/c1-6-15-10-11-16(7-2)20(15)14(5)21(19)17(8-3)12-13-18(21)9-4/h15-18,21H,5-13H2,1-4H3/t15-,16-,17-,18-/m1/s1. The van der Waals surface area contributed by atoms with E-state index in [9.17, 15) is 0 Å². The summed E-state index contributed by atoms with van der Waals surface area (Å²) in [7, 11) is 0.102. The molecule has 3 heteroatoms. The van der Waals surface area contributed by atoms with Crippen molar-refractivity contribution in [1.29, 1.82) is 0 Å². The maximum absolute atomic E-state index is 4.87. The van der Waals surface area contributed by atoms with Crippen LogP contribution in [0.5, 0.6) is 0 Å². The quantitative estimate of drug-likeness (QED) is 0.293. The third-order valence-corrected chi connectivity index (χ3v) is 24.9. The van der Waals surface area contributed by atoms with Crippen molar-refractivity contribution in [2.24, 2.45) is 0 Å². The van der Waals surface area contributed by atoms with Gasteiger partial charge in [0.05, 0.1) is 0 Å². The van der Waals surface area contributed by atoms with Crippen LogP contribution in [0.3, 0.4) is 0 Å². The SMILES string of the molecule is C=C(P1[C@H](CC)CC[C@H]1CC)[PH]1(I)[C@H](CC)CC[C@H]1CC. The van der Waals surface area contributed by atoms with Gasteiger partial charge in [0.25, 0.3) is 0 Å². The molecule has 2 aliphatic rings. The van der Waals surface area contributed by atoms with E-state index in [2.05, 4.69) is 49.7 Å². The van der Waals surface area contributed by atoms with Crippen LogP contribution in [-0.2, 0) is 0 Å². The molecule has 2 aliphatic heterocycles. The molecule has 0 bridgehead atoms. The van der Waals surface area contributed by atoms with Gasteiger partial charge in [0.2, 0.25) is 0 Å². The summed E-state index contributed by atoms with van der Waals surface area (Å²) >= 11 is 3.01. The maximum atomic E-state index is 4.87. The monoisotopic (exact) mass is 440 g/mol. The van der Waals surface area contributed by atoms with Crippen molar-refractivity contribution in [2.45, 2.75) is 102 Å². The van der Waals surface area contributed by atoms with Gasteiger partial charge in [-0.15, -0.1) is 0 Å². The molecule has 0 nitrogen and oxygen atoms in total. The molecule has 0 aliphatic carbocycles. The van der Waals surface area contributed by atoms with Crippen molar-refractivity contribution in [1.82, 2.24) is 0 Å². The van der Waals surface area contributed by atoms with Crippen molar-refractivity contribution in [3.8, 4) is 0 Å². The Hall–Kier alpha value is 1.33. The predicted molar refractivity (Wildman–Crippen MR) is 113 cm³/mol. The summed E-state index contributed by atoms with van der Waals surface area (Å²) in [6.45, 7) is 14.6. The molecule has 2 saturated heterocycles. The average Bonchev–Trinajstić information content (AvgIpc) is 3.06. The first kappa shape index (κ1) is 18.7. The fourth-order valence-corrected chi connectivity index (χ4v) is 22.9. The summed E-state index contributed by atoms with van der Waals surface area (Å²) in [4.78, 5) is -1.33. The molecular formula is C18H35IP2. The van der Waals surface area contributed by atoms with E-state index in [0.29, 0.717) is 0 Å². The first-order valence-electron chi connectivity index (χ1n) is 9.20. The Kier molecular flexibility index (Phi) is 7.05. The van der Waals surface area contributed by atoms with E-state index < -0.39 is 4.90 Å². The van der Waals surface area contributed by atoms with E-state index in [0.717, 1.165) is 22.6 Å². The van der Waals surface area contributed by atoms with Crippen LogP contribution in [0, 0.1) is 0 Å². The molecule has 0 amide bonds. The molecule has 21 heavy (non-hydrogen) atoms. The van der Waals surface area contributed by atoms with Crippen molar-refractivity contribution < 1.29 is 0 Å². The molecule has 124 valence electrons. The van der Waals surface area contributed by atoms with E-state index in [1.807, 2.05) is 5.06 Å². The zero-order valence-electron chi connectivity index (χ0n) is 14.5. The van der Waals surface area contributed by atoms with E-state index in [-0.39, 0.29) is 7.92 Å². The first-order chi connectivity index (χ1) is 10.0. The van der Waals surface area contributed by atoms with Gasteiger partial charge in [0.15, 0.2) is 0 Å². The zero-order chi connectivity index (χ0) is 15.6. The van der Waals surface area contributed by atoms with Gasteiger partial charge in [-0.3, -0.25) is 0 Å². The number of hydrogen-bond donors (Lipinski definition) is 0. The molecule has 0 saturated carbocycles. The van der Waals surface area contributed by atoms with Gasteiger partial charge < -0.3 is 0 Å². The molecule has 0 aromatic carbocycles. The molecule has 0 radical (unpaired) electrons. The normalized spacial score (nSPS) is 37.8. The van der Waals surface area contributed by atoms with Gasteiger partial charge in [-0.2, -0.15) is 0 Å². The first-order valence-corrected chi connectivity index (χ1v) is 16.0. The summed E-state index contributed by atoms with van der Waals surface area (Å²) in [6, 6.07) is 0. The Morgan fingerprint density at radius 2 is 1.33 bits per heavy atom. The summed E-state index contributed by atoms with van der Waals surface area (Å²) in [6.07, 6.45) is 11.6. The van der Waals surface area contributed by atoms with E-state index in [1.54, 1.807) is 0 Å². The minimum absolute atomic E-state index is 0.102. The van der Waals surface area contributed by atoms with Gasteiger partial charge in [-0.1, -0.05) is 0 Å². The van der Waals surface area contributed by atoms with Crippen LogP contribution in [0.25, 0.3) is 0 Å². The molecule has 0 aromatic heterocycles. The van der Waals surface area contributed by atoms with Crippen LogP contribution in [0.2, 0.25) is 0 Å². The summed E-state index contributed by atoms with van der Waals surface area (Å²) in [5.41, 5.74) is 4.06.